The highest BCUT2D eigenvalue weighted by Crippen LogP contribution is 2.20. The summed E-state index contributed by atoms with van der Waals surface area (Å²) in [7, 11) is 3.98. The molecule has 2 heterocycles. The van der Waals surface area contributed by atoms with Gasteiger partial charge in [-0.05, 0) is 43.3 Å². The first-order valence-electron chi connectivity index (χ1n) is 10.4. The van der Waals surface area contributed by atoms with E-state index >= 15 is 0 Å². The Balaban J connectivity index is 1.39. The van der Waals surface area contributed by atoms with Gasteiger partial charge in [-0.2, -0.15) is 20.1 Å². The van der Waals surface area contributed by atoms with Gasteiger partial charge in [0.05, 0.1) is 6.42 Å². The van der Waals surface area contributed by atoms with Crippen LogP contribution in [0.2, 0.25) is 0 Å². The number of rotatable bonds is 8. The van der Waals surface area contributed by atoms with Crippen molar-refractivity contribution in [3.8, 4) is 0 Å². The van der Waals surface area contributed by atoms with Crippen molar-refractivity contribution in [2.24, 2.45) is 0 Å². The number of anilines is 6. The van der Waals surface area contributed by atoms with Crippen LogP contribution in [0.25, 0.3) is 0 Å². The highest BCUT2D eigenvalue weighted by atomic mass is 16.1. The van der Waals surface area contributed by atoms with Crippen molar-refractivity contribution in [3.63, 3.8) is 0 Å². The molecule has 0 aliphatic heterocycles. The molecule has 33 heavy (non-hydrogen) atoms. The molecule has 0 bridgehead atoms. The van der Waals surface area contributed by atoms with E-state index in [0.717, 1.165) is 17.1 Å². The van der Waals surface area contributed by atoms with Crippen LogP contribution in [0, 0.1) is 6.92 Å². The quantitative estimate of drug-likeness (QED) is 0.325. The van der Waals surface area contributed by atoms with Crippen LogP contribution in [0.15, 0.2) is 60.7 Å². The number of carbonyl (C=O) groups is 1. The SMILES string of the molecule is Cc1nc(Nc2ccc(N(C)C)cc2)nc(Nc2cc(CC(=O)Nc3ccccc3)[nH]n2)n1. The third kappa shape index (κ3) is 6.03. The second-order valence-corrected chi connectivity index (χ2v) is 7.59. The lowest BCUT2D eigenvalue weighted by atomic mass is 10.2. The van der Waals surface area contributed by atoms with Crippen molar-refractivity contribution in [2.75, 3.05) is 34.9 Å². The number of aromatic amines is 1. The summed E-state index contributed by atoms with van der Waals surface area (Å²) in [5.74, 6) is 1.68. The molecule has 0 unspecified atom stereocenters. The third-order valence-electron chi connectivity index (χ3n) is 4.67. The molecule has 0 aliphatic rings. The first-order chi connectivity index (χ1) is 15.9. The van der Waals surface area contributed by atoms with Crippen molar-refractivity contribution in [3.05, 3.63) is 72.2 Å². The fourth-order valence-electron chi connectivity index (χ4n) is 3.10. The molecule has 4 rings (SSSR count). The van der Waals surface area contributed by atoms with E-state index in [1.807, 2.05) is 73.6 Å². The molecule has 0 saturated heterocycles. The summed E-state index contributed by atoms with van der Waals surface area (Å²) in [6.07, 6.45) is 0.162. The maximum atomic E-state index is 12.2. The zero-order valence-corrected chi connectivity index (χ0v) is 18.6. The molecule has 0 fully saturated rings. The van der Waals surface area contributed by atoms with E-state index in [1.54, 1.807) is 13.0 Å². The first-order valence-corrected chi connectivity index (χ1v) is 10.4. The molecule has 0 saturated carbocycles. The Morgan fingerprint density at radius 1 is 0.909 bits per heavy atom. The fourth-order valence-corrected chi connectivity index (χ4v) is 3.10. The van der Waals surface area contributed by atoms with E-state index in [9.17, 15) is 4.79 Å². The van der Waals surface area contributed by atoms with Crippen LogP contribution in [0.1, 0.15) is 11.5 Å². The topological polar surface area (TPSA) is 124 Å². The molecule has 2 aromatic heterocycles. The Bertz CT molecular complexity index is 1220. The molecular formula is C23H25N9O. The van der Waals surface area contributed by atoms with Gasteiger partial charge in [0.25, 0.3) is 0 Å². The summed E-state index contributed by atoms with van der Waals surface area (Å²) >= 11 is 0. The fraction of sp³-hybridized carbons (Fsp3) is 0.174. The zero-order valence-electron chi connectivity index (χ0n) is 18.6. The Kier molecular flexibility index (Phi) is 6.44. The van der Waals surface area contributed by atoms with Crippen molar-refractivity contribution in [1.82, 2.24) is 25.1 Å². The lowest BCUT2D eigenvalue weighted by Gasteiger charge is -2.13. The Morgan fingerprint density at radius 2 is 1.61 bits per heavy atom. The summed E-state index contributed by atoms with van der Waals surface area (Å²) < 4.78 is 0. The van der Waals surface area contributed by atoms with E-state index in [1.165, 1.54) is 0 Å². The number of amides is 1. The summed E-state index contributed by atoms with van der Waals surface area (Å²) in [4.78, 5) is 27.4. The molecule has 10 nitrogen and oxygen atoms in total. The molecule has 0 radical (unpaired) electrons. The molecule has 10 heteroatoms. The summed E-state index contributed by atoms with van der Waals surface area (Å²) in [5, 5.41) is 16.2. The lowest BCUT2D eigenvalue weighted by molar-refractivity contribution is -0.115. The van der Waals surface area contributed by atoms with Crippen LogP contribution in [0.5, 0.6) is 0 Å². The maximum absolute atomic E-state index is 12.2. The number of nitrogens with zero attached hydrogens (tertiary/aromatic N) is 5. The van der Waals surface area contributed by atoms with Gasteiger partial charge in [-0.15, -0.1) is 0 Å². The minimum atomic E-state index is -0.140. The van der Waals surface area contributed by atoms with Gasteiger partial charge in [0.2, 0.25) is 17.8 Å². The summed E-state index contributed by atoms with van der Waals surface area (Å²) in [6.45, 7) is 1.79. The van der Waals surface area contributed by atoms with Crippen molar-refractivity contribution in [1.29, 1.82) is 0 Å². The number of aromatic nitrogens is 5. The summed E-state index contributed by atoms with van der Waals surface area (Å²) in [6, 6.07) is 19.0. The van der Waals surface area contributed by atoms with Crippen LogP contribution >= 0.6 is 0 Å². The van der Waals surface area contributed by atoms with E-state index in [2.05, 4.69) is 41.1 Å². The van der Waals surface area contributed by atoms with Gasteiger partial charge in [-0.3, -0.25) is 9.89 Å². The number of H-pyrrole nitrogens is 1. The number of nitrogens with one attached hydrogen (secondary N) is 4. The van der Waals surface area contributed by atoms with Crippen LogP contribution < -0.4 is 20.9 Å². The van der Waals surface area contributed by atoms with Crippen LogP contribution in [0.3, 0.4) is 0 Å². The first kappa shape index (κ1) is 21.8. The highest BCUT2D eigenvalue weighted by molar-refractivity contribution is 5.92. The van der Waals surface area contributed by atoms with E-state index in [4.69, 9.17) is 0 Å². The maximum Gasteiger partial charge on any atom is 0.233 e. The van der Waals surface area contributed by atoms with Crippen molar-refractivity contribution >= 4 is 40.7 Å². The van der Waals surface area contributed by atoms with Crippen molar-refractivity contribution in [2.45, 2.75) is 13.3 Å². The number of carbonyl (C=O) groups excluding carboxylic acids is 1. The Labute approximate surface area is 191 Å². The molecular weight excluding hydrogens is 418 g/mol. The molecule has 1 amide bonds. The lowest BCUT2D eigenvalue weighted by Crippen LogP contribution is -2.14. The molecule has 0 aliphatic carbocycles. The van der Waals surface area contributed by atoms with Crippen LogP contribution in [0.4, 0.5) is 34.8 Å². The number of benzene rings is 2. The molecule has 0 atom stereocenters. The monoisotopic (exact) mass is 443 g/mol. The van der Waals surface area contributed by atoms with Gasteiger partial charge in [0, 0.05) is 42.9 Å². The molecule has 0 spiro atoms. The van der Waals surface area contributed by atoms with Crippen LogP contribution in [-0.4, -0.2) is 45.2 Å². The van der Waals surface area contributed by atoms with Gasteiger partial charge in [0.15, 0.2) is 5.82 Å². The van der Waals surface area contributed by atoms with Gasteiger partial charge in [-0.25, -0.2) is 0 Å². The number of para-hydroxylation sites is 1. The van der Waals surface area contributed by atoms with E-state index < -0.39 is 0 Å². The number of hydrogen-bond donors (Lipinski definition) is 4. The predicted molar refractivity (Wildman–Crippen MR) is 129 cm³/mol. The minimum Gasteiger partial charge on any atom is -0.378 e. The standard InChI is InChI=1S/C23H25N9O/c1-15-24-22(27-17-9-11-19(12-10-17)32(2)3)29-23(25-15)28-20-13-18(30-31-20)14-21(33)26-16-7-5-4-6-8-16/h4-13H,14H2,1-3H3,(H,26,33)(H3,24,25,27,28,29,30,31). The Morgan fingerprint density at radius 3 is 2.30 bits per heavy atom. The van der Waals surface area contributed by atoms with Gasteiger partial charge in [0.1, 0.15) is 5.82 Å². The van der Waals surface area contributed by atoms with Gasteiger partial charge in [-0.1, -0.05) is 18.2 Å². The van der Waals surface area contributed by atoms with Crippen molar-refractivity contribution < 1.29 is 4.79 Å². The third-order valence-corrected chi connectivity index (χ3v) is 4.67. The second-order valence-electron chi connectivity index (χ2n) is 7.59. The van der Waals surface area contributed by atoms with Crippen LogP contribution in [-0.2, 0) is 11.2 Å². The molecule has 4 aromatic rings. The number of hydrogen-bond acceptors (Lipinski definition) is 8. The van der Waals surface area contributed by atoms with E-state index in [0.29, 0.717) is 29.2 Å². The Hall–Kier alpha value is -4.47. The second kappa shape index (κ2) is 9.77. The normalized spacial score (nSPS) is 10.5. The minimum absolute atomic E-state index is 0.140. The largest absolute Gasteiger partial charge is 0.378 e. The molecule has 2 aromatic carbocycles. The van der Waals surface area contributed by atoms with E-state index in [-0.39, 0.29) is 12.3 Å². The molecule has 168 valence electrons. The predicted octanol–water partition coefficient (Wildman–Crippen LogP) is 3.64. The average molecular weight is 444 g/mol. The average Bonchev–Trinajstić information content (AvgIpc) is 3.20. The van der Waals surface area contributed by atoms with Gasteiger partial charge < -0.3 is 20.9 Å². The molecule has 4 N–H and O–H groups in total. The van der Waals surface area contributed by atoms with Gasteiger partial charge >= 0.3 is 0 Å². The number of aryl methyl sites for hydroxylation is 1. The smallest absolute Gasteiger partial charge is 0.233 e. The zero-order chi connectivity index (χ0) is 23.2. The highest BCUT2D eigenvalue weighted by Gasteiger charge is 2.10. The summed E-state index contributed by atoms with van der Waals surface area (Å²) in [5.41, 5.74) is 3.37.